The summed E-state index contributed by atoms with van der Waals surface area (Å²) >= 11 is 1.54. The van der Waals surface area contributed by atoms with Crippen LogP contribution in [0.15, 0.2) is 29.6 Å². The number of nitrogens with one attached hydrogen (secondary N) is 3. The standard InChI is InChI=1S/C17H23N5O2S/c1-18-15(23)8-7-12-5-4-6-13(9-12)20-16(24)19-10-14-11-25-17(21-14)22(2)3/h4-6,9,11H,7-8,10H2,1-3H3,(H,18,23)(H2,19,20,24). The second-order valence-electron chi connectivity index (χ2n) is 5.70. The Bertz CT molecular complexity index is 729. The molecule has 0 atom stereocenters. The first-order valence-electron chi connectivity index (χ1n) is 7.94. The van der Waals surface area contributed by atoms with Crippen molar-refractivity contribution in [2.24, 2.45) is 0 Å². The van der Waals surface area contributed by atoms with E-state index in [1.165, 1.54) is 11.3 Å². The minimum Gasteiger partial charge on any atom is -0.359 e. The molecule has 0 fully saturated rings. The highest BCUT2D eigenvalue weighted by molar-refractivity contribution is 7.13. The highest BCUT2D eigenvalue weighted by Crippen LogP contribution is 2.17. The first kappa shape index (κ1) is 18.7. The lowest BCUT2D eigenvalue weighted by molar-refractivity contribution is -0.120. The van der Waals surface area contributed by atoms with Gasteiger partial charge in [0.05, 0.1) is 12.2 Å². The molecule has 3 amide bonds. The van der Waals surface area contributed by atoms with Crippen LogP contribution in [-0.2, 0) is 17.8 Å². The van der Waals surface area contributed by atoms with E-state index in [1.54, 1.807) is 7.05 Å². The predicted molar refractivity (Wildman–Crippen MR) is 101 cm³/mol. The average Bonchev–Trinajstić information content (AvgIpc) is 3.07. The van der Waals surface area contributed by atoms with Crippen molar-refractivity contribution >= 4 is 34.1 Å². The molecule has 0 aliphatic rings. The molecule has 0 spiro atoms. The lowest BCUT2D eigenvalue weighted by atomic mass is 10.1. The Morgan fingerprint density at radius 3 is 2.76 bits per heavy atom. The van der Waals surface area contributed by atoms with E-state index in [2.05, 4.69) is 20.9 Å². The fraction of sp³-hybridized carbons (Fsp3) is 0.353. The maximum atomic E-state index is 12.0. The maximum absolute atomic E-state index is 12.0. The molecule has 2 rings (SSSR count). The smallest absolute Gasteiger partial charge is 0.319 e. The van der Waals surface area contributed by atoms with Gasteiger partial charge >= 0.3 is 6.03 Å². The van der Waals surface area contributed by atoms with Crippen molar-refractivity contribution in [1.29, 1.82) is 0 Å². The number of amides is 3. The summed E-state index contributed by atoms with van der Waals surface area (Å²) in [5, 5.41) is 11.0. The van der Waals surface area contributed by atoms with Crippen LogP contribution in [0.3, 0.4) is 0 Å². The summed E-state index contributed by atoms with van der Waals surface area (Å²) < 4.78 is 0. The van der Waals surface area contributed by atoms with Crippen LogP contribution in [0.1, 0.15) is 17.7 Å². The number of aryl methyl sites for hydroxylation is 1. The van der Waals surface area contributed by atoms with Gasteiger partial charge in [0.1, 0.15) is 0 Å². The zero-order chi connectivity index (χ0) is 18.2. The number of thiazole rings is 1. The molecule has 0 unspecified atom stereocenters. The Balaban J connectivity index is 1.84. The molecule has 0 aliphatic heterocycles. The highest BCUT2D eigenvalue weighted by atomic mass is 32.1. The molecular weight excluding hydrogens is 338 g/mol. The van der Waals surface area contributed by atoms with Gasteiger partial charge in [0.15, 0.2) is 5.13 Å². The van der Waals surface area contributed by atoms with Crippen LogP contribution in [0.2, 0.25) is 0 Å². The number of benzene rings is 1. The van der Waals surface area contributed by atoms with Gasteiger partial charge in [-0.15, -0.1) is 11.3 Å². The van der Waals surface area contributed by atoms with Gasteiger partial charge in [-0.2, -0.15) is 0 Å². The summed E-state index contributed by atoms with van der Waals surface area (Å²) in [6.45, 7) is 0.368. The van der Waals surface area contributed by atoms with E-state index < -0.39 is 0 Å². The summed E-state index contributed by atoms with van der Waals surface area (Å²) in [5.41, 5.74) is 2.51. The zero-order valence-corrected chi connectivity index (χ0v) is 15.4. The third-order valence-corrected chi connectivity index (χ3v) is 4.51. The first-order valence-corrected chi connectivity index (χ1v) is 8.82. The van der Waals surface area contributed by atoms with Crippen molar-refractivity contribution in [3.05, 3.63) is 40.9 Å². The van der Waals surface area contributed by atoms with Gasteiger partial charge in [-0.3, -0.25) is 4.79 Å². The van der Waals surface area contributed by atoms with E-state index >= 15 is 0 Å². The number of anilines is 2. The second kappa shape index (κ2) is 9.03. The van der Waals surface area contributed by atoms with Crippen LogP contribution < -0.4 is 20.9 Å². The average molecular weight is 361 g/mol. The van der Waals surface area contributed by atoms with Crippen molar-refractivity contribution in [3.63, 3.8) is 0 Å². The van der Waals surface area contributed by atoms with Crippen LogP contribution in [0, 0.1) is 0 Å². The molecule has 0 saturated carbocycles. The second-order valence-corrected chi connectivity index (χ2v) is 6.53. The summed E-state index contributed by atoms with van der Waals surface area (Å²) in [6, 6.07) is 7.19. The quantitative estimate of drug-likeness (QED) is 0.706. The van der Waals surface area contributed by atoms with E-state index in [4.69, 9.17) is 0 Å². The lowest BCUT2D eigenvalue weighted by Gasteiger charge is -2.09. The topological polar surface area (TPSA) is 86.4 Å². The third-order valence-electron chi connectivity index (χ3n) is 3.46. The minimum absolute atomic E-state index is 0.00328. The Labute approximate surface area is 151 Å². The number of carbonyl (C=O) groups is 2. The Morgan fingerprint density at radius 2 is 2.08 bits per heavy atom. The van der Waals surface area contributed by atoms with Crippen molar-refractivity contribution in [2.75, 3.05) is 31.4 Å². The fourth-order valence-corrected chi connectivity index (χ4v) is 2.87. The Hall–Kier alpha value is -2.61. The fourth-order valence-electron chi connectivity index (χ4n) is 2.12. The van der Waals surface area contributed by atoms with Gasteiger partial charge < -0.3 is 20.9 Å². The summed E-state index contributed by atoms with van der Waals surface area (Å²) in [6.07, 6.45) is 1.05. The van der Waals surface area contributed by atoms with E-state index in [9.17, 15) is 9.59 Å². The van der Waals surface area contributed by atoms with Crippen molar-refractivity contribution in [3.8, 4) is 0 Å². The number of carbonyl (C=O) groups excluding carboxylic acids is 2. The van der Waals surface area contributed by atoms with E-state index in [0.29, 0.717) is 25.1 Å². The molecule has 0 saturated heterocycles. The number of hydrogen-bond acceptors (Lipinski definition) is 5. The molecule has 1 aromatic heterocycles. The minimum atomic E-state index is -0.289. The van der Waals surface area contributed by atoms with Gasteiger partial charge in [-0.1, -0.05) is 12.1 Å². The molecule has 0 aliphatic carbocycles. The lowest BCUT2D eigenvalue weighted by Crippen LogP contribution is -2.28. The maximum Gasteiger partial charge on any atom is 0.319 e. The van der Waals surface area contributed by atoms with Crippen LogP contribution in [0.25, 0.3) is 0 Å². The Morgan fingerprint density at radius 1 is 1.28 bits per heavy atom. The third kappa shape index (κ3) is 6.07. The zero-order valence-electron chi connectivity index (χ0n) is 14.6. The molecule has 25 heavy (non-hydrogen) atoms. The summed E-state index contributed by atoms with van der Waals surface area (Å²) in [4.78, 5) is 29.7. The van der Waals surface area contributed by atoms with Gasteiger partial charge in [-0.25, -0.2) is 9.78 Å². The molecule has 0 bridgehead atoms. The van der Waals surface area contributed by atoms with Crippen LogP contribution in [-0.4, -0.2) is 38.1 Å². The molecule has 1 aromatic carbocycles. The number of hydrogen-bond donors (Lipinski definition) is 3. The molecule has 1 heterocycles. The molecule has 8 heteroatoms. The van der Waals surface area contributed by atoms with Crippen LogP contribution in [0.5, 0.6) is 0 Å². The molecule has 0 radical (unpaired) electrons. The van der Waals surface area contributed by atoms with E-state index in [1.807, 2.05) is 48.6 Å². The summed E-state index contributed by atoms with van der Waals surface area (Å²) in [5.74, 6) is -0.00328. The number of urea groups is 1. The molecular formula is C17H23N5O2S. The first-order chi connectivity index (χ1) is 12.0. The normalized spacial score (nSPS) is 10.2. The predicted octanol–water partition coefficient (Wildman–Crippen LogP) is 2.21. The van der Waals surface area contributed by atoms with Gasteiger partial charge in [-0.05, 0) is 24.1 Å². The van der Waals surface area contributed by atoms with E-state index in [0.717, 1.165) is 16.4 Å². The van der Waals surface area contributed by atoms with Crippen molar-refractivity contribution < 1.29 is 9.59 Å². The van der Waals surface area contributed by atoms with Gasteiger partial charge in [0.2, 0.25) is 5.91 Å². The van der Waals surface area contributed by atoms with Gasteiger partial charge in [0, 0.05) is 38.6 Å². The van der Waals surface area contributed by atoms with Gasteiger partial charge in [0.25, 0.3) is 0 Å². The highest BCUT2D eigenvalue weighted by Gasteiger charge is 2.07. The van der Waals surface area contributed by atoms with E-state index in [-0.39, 0.29) is 11.9 Å². The molecule has 7 nitrogen and oxygen atoms in total. The number of aromatic nitrogens is 1. The number of nitrogens with zero attached hydrogens (tertiary/aromatic N) is 2. The van der Waals surface area contributed by atoms with Crippen LogP contribution >= 0.6 is 11.3 Å². The summed E-state index contributed by atoms with van der Waals surface area (Å²) in [7, 11) is 5.48. The SMILES string of the molecule is CNC(=O)CCc1cccc(NC(=O)NCc2csc(N(C)C)n2)c1. The molecule has 2 aromatic rings. The monoisotopic (exact) mass is 361 g/mol. The largest absolute Gasteiger partial charge is 0.359 e. The van der Waals surface area contributed by atoms with Crippen molar-refractivity contribution in [1.82, 2.24) is 15.6 Å². The molecule has 3 N–H and O–H groups in total. The number of rotatable bonds is 7. The van der Waals surface area contributed by atoms with Crippen LogP contribution in [0.4, 0.5) is 15.6 Å². The van der Waals surface area contributed by atoms with Crippen molar-refractivity contribution in [2.45, 2.75) is 19.4 Å². The Kier molecular flexibility index (Phi) is 6.76. The molecule has 134 valence electrons.